The van der Waals surface area contributed by atoms with Gasteiger partial charge in [0.2, 0.25) is 5.91 Å². The number of allylic oxidation sites excluding steroid dienone is 3. The predicted molar refractivity (Wildman–Crippen MR) is 360 cm³/mol. The molecule has 0 spiro atoms. The van der Waals surface area contributed by atoms with Crippen LogP contribution in [0.4, 0.5) is 0 Å². The Hall–Kier alpha value is -1.02. The van der Waals surface area contributed by atoms with E-state index in [0.717, 1.165) is 38.5 Å². The number of amides is 1. The average molecular weight is 1180 g/mol. The average Bonchev–Trinajstić information content (AvgIpc) is 3.47. The van der Waals surface area contributed by atoms with Crippen molar-refractivity contribution in [3.8, 4) is 0 Å². The van der Waals surface area contributed by atoms with E-state index in [1.54, 1.807) is 6.08 Å². The van der Waals surface area contributed by atoms with E-state index in [1.165, 1.54) is 327 Å². The van der Waals surface area contributed by atoms with Crippen molar-refractivity contribution in [3.05, 3.63) is 24.3 Å². The van der Waals surface area contributed by atoms with Gasteiger partial charge < -0.3 is 19.8 Å². The lowest BCUT2D eigenvalue weighted by molar-refractivity contribution is -0.870. The SMILES string of the molecule is CCCCCCCCCCCCCCCCCCCCCCCCCCCC/C=C/CC/C=C/C(O)C(COP(=O)(O)OCC[N+](C)(C)C)NC(=O)CCCCCCCCCCCCCCCCCCCCCCCCCCCCCC. The molecular weight excluding hydrogens is 1030 g/mol. The molecule has 8 nitrogen and oxygen atoms in total. The molecule has 82 heavy (non-hydrogen) atoms. The number of nitrogens with one attached hydrogen (secondary N) is 1. The van der Waals surface area contributed by atoms with Gasteiger partial charge in [-0.3, -0.25) is 13.8 Å². The van der Waals surface area contributed by atoms with Gasteiger partial charge in [0.05, 0.1) is 39.9 Å². The Kier molecular flexibility index (Phi) is 63.7. The van der Waals surface area contributed by atoms with Gasteiger partial charge in [-0.05, 0) is 32.1 Å². The van der Waals surface area contributed by atoms with Crippen molar-refractivity contribution < 1.29 is 32.9 Å². The summed E-state index contributed by atoms with van der Waals surface area (Å²) in [5, 5.41) is 14.0. The molecule has 0 rings (SSSR count). The minimum absolute atomic E-state index is 0.0592. The fourth-order valence-electron chi connectivity index (χ4n) is 11.5. The summed E-state index contributed by atoms with van der Waals surface area (Å²) in [5.41, 5.74) is 0. The highest BCUT2D eigenvalue weighted by atomic mass is 31.2. The van der Waals surface area contributed by atoms with Crippen LogP contribution in [0.15, 0.2) is 24.3 Å². The molecular formula is C73H146N2O6P+. The Morgan fingerprint density at radius 3 is 0.976 bits per heavy atom. The van der Waals surface area contributed by atoms with Gasteiger partial charge in [0.25, 0.3) is 0 Å². The van der Waals surface area contributed by atoms with Crippen molar-refractivity contribution in [1.82, 2.24) is 5.32 Å². The zero-order chi connectivity index (χ0) is 59.8. The van der Waals surface area contributed by atoms with E-state index >= 15 is 0 Å². The molecule has 9 heteroatoms. The number of quaternary nitrogens is 1. The molecule has 0 aromatic rings. The lowest BCUT2D eigenvalue weighted by Crippen LogP contribution is -2.45. The van der Waals surface area contributed by atoms with Crippen molar-refractivity contribution in [3.63, 3.8) is 0 Å². The van der Waals surface area contributed by atoms with Crippen LogP contribution in [0.5, 0.6) is 0 Å². The van der Waals surface area contributed by atoms with E-state index in [2.05, 4.69) is 31.3 Å². The highest BCUT2D eigenvalue weighted by Crippen LogP contribution is 2.43. The Morgan fingerprint density at radius 1 is 0.402 bits per heavy atom. The Labute approximate surface area is 513 Å². The van der Waals surface area contributed by atoms with Crippen LogP contribution >= 0.6 is 7.82 Å². The van der Waals surface area contributed by atoms with E-state index in [4.69, 9.17) is 9.05 Å². The number of likely N-dealkylation sites (N-methyl/N-ethyl adjacent to an activating group) is 1. The summed E-state index contributed by atoms with van der Waals surface area (Å²) in [5.74, 6) is -0.177. The van der Waals surface area contributed by atoms with Gasteiger partial charge in [-0.1, -0.05) is 372 Å². The summed E-state index contributed by atoms with van der Waals surface area (Å²) in [7, 11) is 1.58. The monoisotopic (exact) mass is 1180 g/mol. The molecule has 3 unspecified atom stereocenters. The zero-order valence-corrected chi connectivity index (χ0v) is 56.9. The number of rotatable bonds is 69. The van der Waals surface area contributed by atoms with Crippen LogP contribution in [0, 0.1) is 0 Å². The Balaban J connectivity index is 4.04. The minimum Gasteiger partial charge on any atom is -0.387 e. The molecule has 3 atom stereocenters. The van der Waals surface area contributed by atoms with Gasteiger partial charge in [0.15, 0.2) is 0 Å². The summed E-state index contributed by atoms with van der Waals surface area (Å²) in [4.78, 5) is 23.4. The molecule has 0 saturated heterocycles. The lowest BCUT2D eigenvalue weighted by Gasteiger charge is -2.25. The number of nitrogens with zero attached hydrogens (tertiary/aromatic N) is 1. The van der Waals surface area contributed by atoms with E-state index in [-0.39, 0.29) is 19.1 Å². The first kappa shape index (κ1) is 81.0. The second kappa shape index (κ2) is 64.5. The maximum absolute atomic E-state index is 13.1. The molecule has 0 aromatic carbocycles. The van der Waals surface area contributed by atoms with Crippen LogP contribution in [0.3, 0.4) is 0 Å². The fraction of sp³-hybridized carbons (Fsp3) is 0.932. The largest absolute Gasteiger partial charge is 0.472 e. The predicted octanol–water partition coefficient (Wildman–Crippen LogP) is 23.4. The second-order valence-electron chi connectivity index (χ2n) is 26.7. The van der Waals surface area contributed by atoms with Gasteiger partial charge >= 0.3 is 7.82 Å². The molecule has 1 amide bonds. The van der Waals surface area contributed by atoms with Crippen LogP contribution in [0.25, 0.3) is 0 Å². The van der Waals surface area contributed by atoms with Crippen LogP contribution in [-0.2, 0) is 18.4 Å². The molecule has 0 bridgehead atoms. The molecule has 488 valence electrons. The van der Waals surface area contributed by atoms with Crippen LogP contribution < -0.4 is 5.32 Å². The number of phosphoric acid groups is 1. The first-order chi connectivity index (χ1) is 40.0. The molecule has 0 fully saturated rings. The Bertz CT molecular complexity index is 1390. The zero-order valence-electron chi connectivity index (χ0n) is 56.0. The number of phosphoric ester groups is 1. The molecule has 0 saturated carbocycles. The topological polar surface area (TPSA) is 105 Å². The number of carbonyl (C=O) groups is 1. The van der Waals surface area contributed by atoms with Crippen molar-refractivity contribution in [2.75, 3.05) is 40.9 Å². The summed E-state index contributed by atoms with van der Waals surface area (Å²) < 4.78 is 23.8. The number of carbonyl (C=O) groups excluding carboxylic acids is 1. The molecule has 0 aromatic heterocycles. The van der Waals surface area contributed by atoms with Crippen LogP contribution in [0.1, 0.15) is 386 Å². The maximum atomic E-state index is 13.1. The maximum Gasteiger partial charge on any atom is 0.472 e. The van der Waals surface area contributed by atoms with Crippen LogP contribution in [0.2, 0.25) is 0 Å². The molecule has 0 heterocycles. The molecule has 0 aliphatic carbocycles. The van der Waals surface area contributed by atoms with Crippen molar-refractivity contribution in [2.45, 2.75) is 398 Å². The third-order valence-electron chi connectivity index (χ3n) is 17.2. The van der Waals surface area contributed by atoms with Gasteiger partial charge in [0.1, 0.15) is 13.2 Å². The van der Waals surface area contributed by atoms with Crippen molar-refractivity contribution in [2.24, 2.45) is 0 Å². The van der Waals surface area contributed by atoms with Crippen molar-refractivity contribution in [1.29, 1.82) is 0 Å². The van der Waals surface area contributed by atoms with E-state index in [0.29, 0.717) is 17.4 Å². The van der Waals surface area contributed by atoms with E-state index in [9.17, 15) is 19.4 Å². The number of hydrogen-bond donors (Lipinski definition) is 3. The van der Waals surface area contributed by atoms with E-state index in [1.807, 2.05) is 27.2 Å². The minimum atomic E-state index is -4.36. The van der Waals surface area contributed by atoms with Gasteiger partial charge in [-0.25, -0.2) is 4.57 Å². The Morgan fingerprint density at radius 2 is 0.671 bits per heavy atom. The lowest BCUT2D eigenvalue weighted by atomic mass is 10.0. The summed E-state index contributed by atoms with van der Waals surface area (Å²) >= 11 is 0. The second-order valence-corrected chi connectivity index (χ2v) is 28.1. The van der Waals surface area contributed by atoms with Gasteiger partial charge in [-0.15, -0.1) is 0 Å². The highest BCUT2D eigenvalue weighted by Gasteiger charge is 2.28. The summed E-state index contributed by atoms with van der Waals surface area (Å²) in [6.07, 6.45) is 85.0. The highest BCUT2D eigenvalue weighted by molar-refractivity contribution is 7.47. The number of aliphatic hydroxyl groups excluding tert-OH is 1. The molecule has 0 aliphatic rings. The van der Waals surface area contributed by atoms with Gasteiger partial charge in [0, 0.05) is 6.42 Å². The number of unbranched alkanes of at least 4 members (excludes halogenated alkanes) is 54. The standard InChI is InChI=1S/C73H145N2O6P/c1-6-8-10-12-14-16-18-20-22-24-26-28-30-32-34-36-37-38-39-40-42-44-46-48-50-52-54-56-58-60-62-64-66-72(76)71(70-81-82(78,79)80-69-68-75(3,4)5)74-73(77)67-65-63-61-59-57-55-53-51-49-47-45-43-41-35-33-31-29-27-25-23-21-19-17-15-13-11-9-7-2/h56,58,64,66,71-72,76H,6-55,57,59-63,65,67-70H2,1-5H3,(H-,74,77,78,79)/p+1/b58-56+,66-64+. The normalized spacial score (nSPS) is 13.7. The molecule has 0 aliphatic heterocycles. The summed E-state index contributed by atoms with van der Waals surface area (Å²) in [6, 6.07) is -0.862. The quantitative estimate of drug-likeness (QED) is 0.0243. The smallest absolute Gasteiger partial charge is 0.387 e. The molecule has 3 N–H and O–H groups in total. The van der Waals surface area contributed by atoms with Crippen LogP contribution in [-0.4, -0.2) is 73.4 Å². The first-order valence-corrected chi connectivity index (χ1v) is 38.2. The number of hydrogen-bond acceptors (Lipinski definition) is 5. The third kappa shape index (κ3) is 66.5. The van der Waals surface area contributed by atoms with E-state index < -0.39 is 20.0 Å². The van der Waals surface area contributed by atoms with Gasteiger partial charge in [-0.2, -0.15) is 0 Å². The fourth-order valence-corrected chi connectivity index (χ4v) is 12.2. The van der Waals surface area contributed by atoms with Crippen molar-refractivity contribution >= 4 is 13.7 Å². The third-order valence-corrected chi connectivity index (χ3v) is 18.2. The molecule has 0 radical (unpaired) electrons. The summed E-state index contributed by atoms with van der Waals surface area (Å²) in [6.45, 7) is 4.87. The number of aliphatic hydroxyl groups is 1. The first-order valence-electron chi connectivity index (χ1n) is 36.7.